The Morgan fingerprint density at radius 2 is 1.73 bits per heavy atom. The number of ether oxygens (including phenoxy) is 4. The maximum absolute atomic E-state index is 6.47. The largest absolute Gasteiger partial charge is 0.494 e. The summed E-state index contributed by atoms with van der Waals surface area (Å²) in [5, 5.41) is 7.11. The molecule has 3 aromatic carbocycles. The van der Waals surface area contributed by atoms with Crippen molar-refractivity contribution in [2.24, 2.45) is 5.10 Å². The van der Waals surface area contributed by atoms with Gasteiger partial charge in [-0.05, 0) is 67.9 Å². The monoisotopic (exact) mass is 444 g/mol. The van der Waals surface area contributed by atoms with Gasteiger partial charge in [-0.25, -0.2) is 5.01 Å². The van der Waals surface area contributed by atoms with E-state index in [1.54, 1.807) is 7.11 Å². The van der Waals surface area contributed by atoms with Crippen LogP contribution in [0.4, 0.5) is 0 Å². The lowest BCUT2D eigenvalue weighted by Gasteiger charge is -2.38. The summed E-state index contributed by atoms with van der Waals surface area (Å²) in [7, 11) is 1.65. The van der Waals surface area contributed by atoms with Crippen molar-refractivity contribution in [2.45, 2.75) is 32.5 Å². The van der Waals surface area contributed by atoms with Crippen molar-refractivity contribution < 1.29 is 18.9 Å². The average Bonchev–Trinajstić information content (AvgIpc) is 3.30. The van der Waals surface area contributed by atoms with E-state index in [0.29, 0.717) is 19.0 Å². The Labute approximate surface area is 194 Å². The van der Waals surface area contributed by atoms with Crippen molar-refractivity contribution in [3.63, 3.8) is 0 Å². The van der Waals surface area contributed by atoms with Gasteiger partial charge in [0.2, 0.25) is 6.23 Å². The van der Waals surface area contributed by atoms with E-state index in [1.165, 1.54) is 0 Å². The van der Waals surface area contributed by atoms with E-state index < -0.39 is 0 Å². The molecule has 0 N–H and O–H groups in total. The summed E-state index contributed by atoms with van der Waals surface area (Å²) in [6.45, 7) is 5.17. The number of methoxy groups -OCH3 is 1. The lowest BCUT2D eigenvalue weighted by atomic mass is 9.96. The predicted molar refractivity (Wildman–Crippen MR) is 127 cm³/mol. The van der Waals surface area contributed by atoms with Gasteiger partial charge in [-0.1, -0.05) is 18.2 Å². The molecule has 2 heterocycles. The van der Waals surface area contributed by atoms with Gasteiger partial charge in [-0.15, -0.1) is 0 Å². The first-order valence-corrected chi connectivity index (χ1v) is 11.4. The van der Waals surface area contributed by atoms with Crippen LogP contribution < -0.4 is 18.9 Å². The summed E-state index contributed by atoms with van der Waals surface area (Å²) in [4.78, 5) is 0. The van der Waals surface area contributed by atoms with Gasteiger partial charge >= 0.3 is 0 Å². The smallest absolute Gasteiger partial charge is 0.214 e. The fourth-order valence-corrected chi connectivity index (χ4v) is 4.45. The molecule has 0 saturated heterocycles. The van der Waals surface area contributed by atoms with Crippen LogP contribution >= 0.6 is 0 Å². The Morgan fingerprint density at radius 3 is 2.48 bits per heavy atom. The van der Waals surface area contributed by atoms with Gasteiger partial charge in [-0.3, -0.25) is 0 Å². The van der Waals surface area contributed by atoms with E-state index in [9.17, 15) is 0 Å². The number of benzene rings is 3. The minimum absolute atomic E-state index is 0.0964. The fraction of sp³-hybridized carbons (Fsp3) is 0.296. The minimum Gasteiger partial charge on any atom is -0.494 e. The molecule has 3 aromatic rings. The van der Waals surface area contributed by atoms with Crippen LogP contribution in [0.1, 0.15) is 49.2 Å². The van der Waals surface area contributed by atoms with Crippen LogP contribution in [0.2, 0.25) is 0 Å². The molecule has 0 aromatic heterocycles. The predicted octanol–water partition coefficient (Wildman–Crippen LogP) is 5.73. The second-order valence-electron chi connectivity index (χ2n) is 7.96. The van der Waals surface area contributed by atoms with Gasteiger partial charge in [0.15, 0.2) is 11.5 Å². The molecule has 0 aliphatic carbocycles. The van der Waals surface area contributed by atoms with E-state index in [4.69, 9.17) is 24.0 Å². The molecule has 0 radical (unpaired) electrons. The summed E-state index contributed by atoms with van der Waals surface area (Å²) in [6, 6.07) is 22.4. The zero-order valence-electron chi connectivity index (χ0n) is 19.2. The number of para-hydroxylation sites is 1. The van der Waals surface area contributed by atoms with Gasteiger partial charge in [0.25, 0.3) is 0 Å². The molecule has 0 bridgehead atoms. The number of fused-ring (bicyclic) bond motifs is 3. The van der Waals surface area contributed by atoms with Crippen molar-refractivity contribution in [2.75, 3.05) is 20.3 Å². The zero-order chi connectivity index (χ0) is 22.8. The van der Waals surface area contributed by atoms with Crippen LogP contribution in [0.15, 0.2) is 71.8 Å². The maximum Gasteiger partial charge on any atom is 0.214 e. The highest BCUT2D eigenvalue weighted by Crippen LogP contribution is 2.48. The molecule has 0 unspecified atom stereocenters. The molecule has 6 nitrogen and oxygen atoms in total. The van der Waals surface area contributed by atoms with E-state index in [2.05, 4.69) is 29.3 Å². The molecular formula is C27H28N2O4. The van der Waals surface area contributed by atoms with E-state index in [0.717, 1.165) is 46.1 Å². The van der Waals surface area contributed by atoms with Crippen LogP contribution in [-0.4, -0.2) is 31.0 Å². The normalized spacial score (nSPS) is 18.6. The number of rotatable bonds is 7. The van der Waals surface area contributed by atoms with E-state index in [1.807, 2.05) is 56.3 Å². The summed E-state index contributed by atoms with van der Waals surface area (Å²) >= 11 is 0. The Balaban J connectivity index is 1.52. The lowest BCUT2D eigenvalue weighted by Crippen LogP contribution is -2.33. The fourth-order valence-electron chi connectivity index (χ4n) is 4.45. The van der Waals surface area contributed by atoms with Crippen molar-refractivity contribution in [3.8, 4) is 23.0 Å². The Hall–Kier alpha value is -3.67. The van der Waals surface area contributed by atoms with Crippen LogP contribution in [-0.2, 0) is 0 Å². The minimum atomic E-state index is -0.366. The Morgan fingerprint density at radius 1 is 0.939 bits per heavy atom. The molecule has 0 amide bonds. The Kier molecular flexibility index (Phi) is 5.82. The Bertz CT molecular complexity index is 1160. The average molecular weight is 445 g/mol. The second kappa shape index (κ2) is 9.06. The van der Waals surface area contributed by atoms with E-state index in [-0.39, 0.29) is 12.3 Å². The summed E-state index contributed by atoms with van der Waals surface area (Å²) < 4.78 is 23.3. The first-order chi connectivity index (χ1) is 16.2. The van der Waals surface area contributed by atoms with Crippen LogP contribution in [0.3, 0.4) is 0 Å². The topological polar surface area (TPSA) is 52.5 Å². The number of nitrogens with zero attached hydrogens (tertiary/aromatic N) is 2. The van der Waals surface area contributed by atoms with Gasteiger partial charge in [-0.2, -0.15) is 5.10 Å². The molecule has 2 aliphatic rings. The SMILES string of the molecule is CCOc1ccc(C2=NN3[C@@H](C2)c2ccccc2O[C@H]3c2ccc(OCC)c(OC)c2)cc1. The maximum atomic E-state index is 6.47. The van der Waals surface area contributed by atoms with Crippen molar-refractivity contribution in [1.82, 2.24) is 5.01 Å². The molecule has 0 saturated carbocycles. The first-order valence-electron chi connectivity index (χ1n) is 11.4. The van der Waals surface area contributed by atoms with Gasteiger partial charge < -0.3 is 18.9 Å². The van der Waals surface area contributed by atoms with Crippen molar-refractivity contribution in [1.29, 1.82) is 0 Å². The van der Waals surface area contributed by atoms with Crippen molar-refractivity contribution in [3.05, 3.63) is 83.4 Å². The lowest BCUT2D eigenvalue weighted by molar-refractivity contribution is -0.0191. The van der Waals surface area contributed by atoms with Gasteiger partial charge in [0.05, 0.1) is 32.1 Å². The van der Waals surface area contributed by atoms with Gasteiger partial charge in [0, 0.05) is 17.5 Å². The third-order valence-electron chi connectivity index (χ3n) is 5.97. The molecule has 0 spiro atoms. The third-order valence-corrected chi connectivity index (χ3v) is 5.97. The number of hydrogen-bond acceptors (Lipinski definition) is 6. The first kappa shape index (κ1) is 21.2. The van der Waals surface area contributed by atoms with Crippen molar-refractivity contribution >= 4 is 5.71 Å². The van der Waals surface area contributed by atoms with Crippen LogP contribution in [0.5, 0.6) is 23.0 Å². The molecule has 0 fully saturated rings. The molecule has 33 heavy (non-hydrogen) atoms. The van der Waals surface area contributed by atoms with Crippen LogP contribution in [0.25, 0.3) is 0 Å². The molecule has 6 heteroatoms. The third kappa shape index (κ3) is 3.97. The molecule has 2 atom stereocenters. The molecule has 5 rings (SSSR count). The highest BCUT2D eigenvalue weighted by Gasteiger charge is 2.41. The summed E-state index contributed by atoms with van der Waals surface area (Å²) in [5.41, 5.74) is 4.24. The highest BCUT2D eigenvalue weighted by molar-refractivity contribution is 6.02. The molecule has 2 aliphatic heterocycles. The van der Waals surface area contributed by atoms with E-state index >= 15 is 0 Å². The highest BCUT2D eigenvalue weighted by atomic mass is 16.5. The molecule has 170 valence electrons. The summed E-state index contributed by atoms with van der Waals surface area (Å²) in [6.07, 6.45) is 0.439. The zero-order valence-corrected chi connectivity index (χ0v) is 19.2. The standard InChI is InChI=1S/C27H28N2O4/c1-4-31-20-13-10-18(11-14-20)22-17-23-21-8-6-7-9-24(21)33-27(29(23)28-22)19-12-15-25(32-5-2)26(16-19)30-3/h6-16,23,27H,4-5,17H2,1-3H3/t23-,27-/m0/s1. The number of hydrazone groups is 1. The van der Waals surface area contributed by atoms with Crippen LogP contribution in [0, 0.1) is 0 Å². The number of hydrogen-bond donors (Lipinski definition) is 0. The summed E-state index contributed by atoms with van der Waals surface area (Å²) in [5.74, 6) is 3.16. The second-order valence-corrected chi connectivity index (χ2v) is 7.96. The molecular weight excluding hydrogens is 416 g/mol. The quantitative estimate of drug-likeness (QED) is 0.465. The van der Waals surface area contributed by atoms with Gasteiger partial charge in [0.1, 0.15) is 11.5 Å².